The van der Waals surface area contributed by atoms with Gasteiger partial charge < -0.3 is 9.47 Å². The van der Waals surface area contributed by atoms with Crippen molar-refractivity contribution in [3.63, 3.8) is 0 Å². The standard InChI is InChI=1S/C16H15ClF2O2/c1-20-11-4-5-12(16(9-11)21-2)13(17)7-10-3-6-14(18)15(19)8-10/h3-6,8-9,13H,7H2,1-2H3. The molecule has 0 aromatic heterocycles. The Kier molecular flexibility index (Phi) is 5.02. The molecule has 0 radical (unpaired) electrons. The molecular formula is C16H15ClF2O2. The number of alkyl halides is 1. The van der Waals surface area contributed by atoms with Crippen LogP contribution in [0.15, 0.2) is 36.4 Å². The Morgan fingerprint density at radius 3 is 2.38 bits per heavy atom. The molecule has 0 saturated heterocycles. The zero-order valence-electron chi connectivity index (χ0n) is 11.7. The first-order chi connectivity index (χ1) is 10.0. The molecule has 0 heterocycles. The van der Waals surface area contributed by atoms with Crippen LogP contribution in [0.3, 0.4) is 0 Å². The van der Waals surface area contributed by atoms with Crippen molar-refractivity contribution in [2.75, 3.05) is 14.2 Å². The highest BCUT2D eigenvalue weighted by Gasteiger charge is 2.16. The van der Waals surface area contributed by atoms with Crippen molar-refractivity contribution in [3.05, 3.63) is 59.2 Å². The second-order valence-corrected chi connectivity index (χ2v) is 5.05. The lowest BCUT2D eigenvalue weighted by molar-refractivity contribution is 0.390. The lowest BCUT2D eigenvalue weighted by Gasteiger charge is -2.15. The third-order valence-electron chi connectivity index (χ3n) is 3.18. The molecule has 0 spiro atoms. The van der Waals surface area contributed by atoms with E-state index in [2.05, 4.69) is 0 Å². The van der Waals surface area contributed by atoms with E-state index in [1.165, 1.54) is 6.07 Å². The highest BCUT2D eigenvalue weighted by molar-refractivity contribution is 6.21. The van der Waals surface area contributed by atoms with Gasteiger partial charge in [-0.25, -0.2) is 8.78 Å². The normalized spacial score (nSPS) is 12.0. The van der Waals surface area contributed by atoms with Gasteiger partial charge in [-0.15, -0.1) is 11.6 Å². The lowest BCUT2D eigenvalue weighted by atomic mass is 10.0. The number of benzene rings is 2. The van der Waals surface area contributed by atoms with E-state index in [1.54, 1.807) is 32.4 Å². The van der Waals surface area contributed by atoms with E-state index in [1.807, 2.05) is 0 Å². The van der Waals surface area contributed by atoms with Crippen LogP contribution in [-0.4, -0.2) is 14.2 Å². The van der Waals surface area contributed by atoms with Gasteiger partial charge in [-0.3, -0.25) is 0 Å². The summed E-state index contributed by atoms with van der Waals surface area (Å²) >= 11 is 6.38. The second kappa shape index (κ2) is 6.76. The molecule has 2 rings (SSSR count). The summed E-state index contributed by atoms with van der Waals surface area (Å²) in [6, 6.07) is 9.08. The maximum atomic E-state index is 13.2. The fourth-order valence-corrected chi connectivity index (χ4v) is 2.42. The molecule has 2 aromatic rings. The van der Waals surface area contributed by atoms with Gasteiger partial charge in [0.05, 0.1) is 19.6 Å². The van der Waals surface area contributed by atoms with Crippen LogP contribution in [0.5, 0.6) is 11.5 Å². The number of halogens is 3. The lowest BCUT2D eigenvalue weighted by Crippen LogP contribution is -2.00. The molecule has 0 amide bonds. The summed E-state index contributed by atoms with van der Waals surface area (Å²) in [4.78, 5) is 0. The molecule has 21 heavy (non-hydrogen) atoms. The van der Waals surface area contributed by atoms with Gasteiger partial charge in [-0.05, 0) is 30.2 Å². The Hall–Kier alpha value is -1.81. The van der Waals surface area contributed by atoms with Crippen molar-refractivity contribution < 1.29 is 18.3 Å². The highest BCUT2D eigenvalue weighted by Crippen LogP contribution is 2.35. The van der Waals surface area contributed by atoms with Gasteiger partial charge in [-0.2, -0.15) is 0 Å². The molecule has 0 aliphatic rings. The molecule has 112 valence electrons. The fraction of sp³-hybridized carbons (Fsp3) is 0.250. The minimum absolute atomic E-state index is 0.363. The number of hydrogen-bond donors (Lipinski definition) is 0. The first-order valence-corrected chi connectivity index (χ1v) is 6.78. The van der Waals surface area contributed by atoms with E-state index in [-0.39, 0.29) is 0 Å². The molecule has 0 fully saturated rings. The van der Waals surface area contributed by atoms with Crippen LogP contribution in [0.1, 0.15) is 16.5 Å². The summed E-state index contributed by atoms with van der Waals surface area (Å²) in [6.07, 6.45) is 0.363. The molecule has 0 bridgehead atoms. The van der Waals surface area contributed by atoms with E-state index in [0.717, 1.165) is 17.7 Å². The third kappa shape index (κ3) is 3.64. The van der Waals surface area contributed by atoms with E-state index in [4.69, 9.17) is 21.1 Å². The molecule has 5 heteroatoms. The van der Waals surface area contributed by atoms with Crippen LogP contribution in [0.2, 0.25) is 0 Å². The van der Waals surface area contributed by atoms with E-state index in [9.17, 15) is 8.78 Å². The molecule has 2 aromatic carbocycles. The summed E-state index contributed by atoms with van der Waals surface area (Å²) in [5, 5.41) is -0.421. The molecule has 0 aliphatic carbocycles. The van der Waals surface area contributed by atoms with Crippen LogP contribution in [0, 0.1) is 11.6 Å². The average Bonchev–Trinajstić information content (AvgIpc) is 2.50. The number of rotatable bonds is 5. The van der Waals surface area contributed by atoms with Crippen molar-refractivity contribution in [2.45, 2.75) is 11.8 Å². The summed E-state index contributed by atoms with van der Waals surface area (Å²) in [7, 11) is 3.10. The number of methoxy groups -OCH3 is 2. The monoisotopic (exact) mass is 312 g/mol. The quantitative estimate of drug-likeness (QED) is 0.757. The van der Waals surface area contributed by atoms with Gasteiger partial charge in [0.25, 0.3) is 0 Å². The molecule has 0 saturated carbocycles. The predicted molar refractivity (Wildman–Crippen MR) is 78.2 cm³/mol. The SMILES string of the molecule is COc1ccc(C(Cl)Cc2ccc(F)c(F)c2)c(OC)c1. The summed E-state index contributed by atoms with van der Waals surface area (Å²) in [5.41, 5.74) is 1.39. The van der Waals surface area contributed by atoms with Crippen molar-refractivity contribution in [3.8, 4) is 11.5 Å². The Bertz CT molecular complexity index is 632. The van der Waals surface area contributed by atoms with E-state index in [0.29, 0.717) is 23.5 Å². The Balaban J connectivity index is 2.23. The maximum Gasteiger partial charge on any atom is 0.159 e. The van der Waals surface area contributed by atoms with Crippen molar-refractivity contribution in [2.24, 2.45) is 0 Å². The van der Waals surface area contributed by atoms with E-state index < -0.39 is 17.0 Å². The number of hydrogen-bond acceptors (Lipinski definition) is 2. The average molecular weight is 313 g/mol. The smallest absolute Gasteiger partial charge is 0.159 e. The van der Waals surface area contributed by atoms with E-state index >= 15 is 0 Å². The zero-order valence-corrected chi connectivity index (χ0v) is 12.5. The van der Waals surface area contributed by atoms with Crippen LogP contribution in [0.4, 0.5) is 8.78 Å². The Morgan fingerprint density at radius 1 is 1.00 bits per heavy atom. The summed E-state index contributed by atoms with van der Waals surface area (Å²) in [5.74, 6) is -0.491. The largest absolute Gasteiger partial charge is 0.497 e. The predicted octanol–water partition coefficient (Wildman–Crippen LogP) is 4.50. The van der Waals surface area contributed by atoms with Crippen molar-refractivity contribution in [1.82, 2.24) is 0 Å². The second-order valence-electron chi connectivity index (χ2n) is 4.53. The molecule has 2 nitrogen and oxygen atoms in total. The molecule has 0 aliphatic heterocycles. The van der Waals surface area contributed by atoms with Gasteiger partial charge in [0, 0.05) is 11.6 Å². The fourth-order valence-electron chi connectivity index (χ4n) is 2.06. The highest BCUT2D eigenvalue weighted by atomic mass is 35.5. The van der Waals surface area contributed by atoms with Crippen LogP contribution >= 0.6 is 11.6 Å². The molecule has 1 atom stereocenters. The minimum atomic E-state index is -0.877. The molecular weight excluding hydrogens is 298 g/mol. The Morgan fingerprint density at radius 2 is 1.76 bits per heavy atom. The molecule has 1 unspecified atom stereocenters. The van der Waals surface area contributed by atoms with Gasteiger partial charge in [0.15, 0.2) is 11.6 Å². The maximum absolute atomic E-state index is 13.2. The van der Waals surface area contributed by atoms with Crippen molar-refractivity contribution >= 4 is 11.6 Å². The van der Waals surface area contributed by atoms with Gasteiger partial charge in [-0.1, -0.05) is 12.1 Å². The van der Waals surface area contributed by atoms with Crippen LogP contribution < -0.4 is 9.47 Å². The Labute approximate surface area is 127 Å². The van der Waals surface area contributed by atoms with Gasteiger partial charge in [0.2, 0.25) is 0 Å². The van der Waals surface area contributed by atoms with Gasteiger partial charge in [0.1, 0.15) is 11.5 Å². The first kappa shape index (κ1) is 15.6. The van der Waals surface area contributed by atoms with Crippen LogP contribution in [-0.2, 0) is 6.42 Å². The van der Waals surface area contributed by atoms with Crippen molar-refractivity contribution in [1.29, 1.82) is 0 Å². The van der Waals surface area contributed by atoms with Gasteiger partial charge >= 0.3 is 0 Å². The zero-order chi connectivity index (χ0) is 15.4. The molecule has 0 N–H and O–H groups in total. The first-order valence-electron chi connectivity index (χ1n) is 6.35. The third-order valence-corrected chi connectivity index (χ3v) is 3.57. The minimum Gasteiger partial charge on any atom is -0.497 e. The summed E-state index contributed by atoms with van der Waals surface area (Å²) < 4.78 is 36.6. The topological polar surface area (TPSA) is 18.5 Å². The number of ether oxygens (including phenoxy) is 2. The van der Waals surface area contributed by atoms with Crippen LogP contribution in [0.25, 0.3) is 0 Å². The summed E-state index contributed by atoms with van der Waals surface area (Å²) in [6.45, 7) is 0.